The summed E-state index contributed by atoms with van der Waals surface area (Å²) in [6.45, 7) is 7.06. The van der Waals surface area contributed by atoms with Crippen molar-refractivity contribution < 1.29 is 47.4 Å². The monoisotopic (exact) mass is 1040 g/mol. The molecule has 10 atom stereocenters. The number of nitrogens with one attached hydrogen (secondary N) is 3. The van der Waals surface area contributed by atoms with Gasteiger partial charge in [0.2, 0.25) is 5.91 Å². The van der Waals surface area contributed by atoms with E-state index in [1.807, 2.05) is 107 Å². The minimum absolute atomic E-state index is 0.0805. The molecule has 2 unspecified atom stereocenters. The van der Waals surface area contributed by atoms with Crippen molar-refractivity contribution in [1.29, 1.82) is 5.26 Å². The summed E-state index contributed by atoms with van der Waals surface area (Å²) in [4.78, 5) is 81.2. The van der Waals surface area contributed by atoms with Gasteiger partial charge in [0.1, 0.15) is 29.3 Å². The van der Waals surface area contributed by atoms with Gasteiger partial charge in [0.05, 0.1) is 51.6 Å². The zero-order valence-electron chi connectivity index (χ0n) is 42.5. The highest BCUT2D eigenvalue weighted by molar-refractivity contribution is 7.43. The molecule has 396 valence electrons. The molecule has 4 N–H and O–H groups in total. The molecule has 0 spiro atoms. The van der Waals surface area contributed by atoms with Gasteiger partial charge in [-0.3, -0.25) is 33.5 Å². The van der Waals surface area contributed by atoms with Crippen molar-refractivity contribution in [3.8, 4) is 17.6 Å². The number of rotatable bonds is 23. The molecule has 0 aliphatic carbocycles. The fourth-order valence-electron chi connectivity index (χ4n) is 10.1. The molecule has 3 aromatic carbocycles. The number of methoxy groups -OCH3 is 4. The maximum absolute atomic E-state index is 14.6. The third kappa shape index (κ3) is 11.9. The lowest BCUT2D eigenvalue weighted by atomic mass is 9.79. The summed E-state index contributed by atoms with van der Waals surface area (Å²) in [5, 5.41) is 13.7. The number of hydrogen-bond acceptors (Lipinski definition) is 16. The van der Waals surface area contributed by atoms with Gasteiger partial charge in [-0.2, -0.15) is 5.26 Å². The van der Waals surface area contributed by atoms with Crippen LogP contribution < -0.4 is 37.3 Å². The van der Waals surface area contributed by atoms with Gasteiger partial charge in [-0.25, -0.2) is 14.3 Å². The number of nitriles is 1. The second-order valence-electron chi connectivity index (χ2n) is 18.5. The summed E-state index contributed by atoms with van der Waals surface area (Å²) in [5.74, 6) is -1.92. The lowest BCUT2D eigenvalue weighted by Gasteiger charge is -2.37. The zero-order valence-corrected chi connectivity index (χ0v) is 43.4. The molecule has 74 heavy (non-hydrogen) atoms. The highest BCUT2D eigenvalue weighted by atomic mass is 31.2. The predicted octanol–water partition coefficient (Wildman–Crippen LogP) is 4.17. The van der Waals surface area contributed by atoms with Crippen LogP contribution in [0.25, 0.3) is 0 Å². The first-order valence-corrected chi connectivity index (χ1v) is 25.3. The molecular weight excluding hydrogens is 978 g/mol. The molecule has 2 aliphatic heterocycles. The Morgan fingerprint density at radius 2 is 1.26 bits per heavy atom. The number of hydrogen-bond donors (Lipinski definition) is 4. The van der Waals surface area contributed by atoms with Crippen molar-refractivity contribution in [2.24, 2.45) is 17.8 Å². The Morgan fingerprint density at radius 1 is 0.757 bits per heavy atom. The molecule has 0 bridgehead atoms. The molecule has 0 radical (unpaired) electrons. The summed E-state index contributed by atoms with van der Waals surface area (Å²) in [7, 11) is 3.84. The first-order chi connectivity index (χ1) is 35.6. The van der Waals surface area contributed by atoms with Crippen LogP contribution in [0, 0.1) is 29.1 Å². The van der Waals surface area contributed by atoms with E-state index in [0.29, 0.717) is 11.5 Å². The Balaban J connectivity index is 1.22. The van der Waals surface area contributed by atoms with E-state index in [4.69, 9.17) is 37.7 Å². The van der Waals surface area contributed by atoms with Gasteiger partial charge in [-0.15, -0.1) is 0 Å². The van der Waals surface area contributed by atoms with E-state index in [-0.39, 0.29) is 38.3 Å². The average Bonchev–Trinajstić information content (AvgIpc) is 3.93. The van der Waals surface area contributed by atoms with Crippen molar-refractivity contribution in [1.82, 2.24) is 29.1 Å². The van der Waals surface area contributed by atoms with Crippen LogP contribution in [0.15, 0.2) is 123 Å². The number of aromatic nitrogens is 4. The maximum atomic E-state index is 14.6. The van der Waals surface area contributed by atoms with E-state index >= 15 is 0 Å². The lowest BCUT2D eigenvalue weighted by molar-refractivity contribution is -0.125. The molecule has 2 fully saturated rings. The van der Waals surface area contributed by atoms with Crippen LogP contribution >= 0.6 is 8.53 Å². The maximum Gasteiger partial charge on any atom is 0.330 e. The molecule has 5 aromatic rings. The van der Waals surface area contributed by atoms with Gasteiger partial charge >= 0.3 is 11.4 Å². The van der Waals surface area contributed by atoms with Crippen LogP contribution in [-0.4, -0.2) is 119 Å². The van der Waals surface area contributed by atoms with Crippen LogP contribution in [-0.2, 0) is 38.6 Å². The third-order valence-electron chi connectivity index (χ3n) is 13.5. The second-order valence-corrected chi connectivity index (χ2v) is 19.7. The first kappa shape index (κ1) is 55.4. The number of nitrogens with zero attached hydrogens (tertiary/aromatic N) is 4. The number of H-pyrrole nitrogens is 2. The van der Waals surface area contributed by atoms with Crippen molar-refractivity contribution in [3.63, 3.8) is 0 Å². The highest BCUT2D eigenvalue weighted by Crippen LogP contribution is 2.46. The van der Waals surface area contributed by atoms with Gasteiger partial charge in [0.25, 0.3) is 19.6 Å². The minimum Gasteiger partial charge on any atom is -0.497 e. The lowest BCUT2D eigenvalue weighted by Crippen LogP contribution is -2.43. The molecular formula is C52H64N7O14P. The topological polar surface area (TPSA) is 260 Å². The normalized spacial score (nSPS) is 22.7. The standard InChI is InChI=1S/C52H64N7O14P/c1-31(2)59(32(3)4)74(65)71-29-33(27-53)45-40(72-49(47(45)69-8)58-25-23-43(61)56-51(58)64)28-54-44(62)26-39-41(73-48(46(39)68-7)57-24-22-42(60)55-50(57)63)30-70-52(34-12-10-9-11-13-34,35-14-18-37(66-5)19-15-35)36-16-20-38(67-6)21-17-36/h9-25,31-33,39-41,45-49,65H,26,28-30H2,1-8H3,(H,54,62)(H,55,60,63)(H,56,61,64)/t33?,39-,40+,41-,45-,46-,47-,48-,49-,74?/m1/s1. The Bertz CT molecular complexity index is 2870. The smallest absolute Gasteiger partial charge is 0.330 e. The van der Waals surface area contributed by atoms with Crippen LogP contribution in [0.4, 0.5) is 0 Å². The van der Waals surface area contributed by atoms with E-state index in [2.05, 4.69) is 21.4 Å². The number of aromatic amines is 2. The van der Waals surface area contributed by atoms with Crippen LogP contribution in [0.5, 0.6) is 11.5 Å². The summed E-state index contributed by atoms with van der Waals surface area (Å²) >= 11 is 0. The third-order valence-corrected chi connectivity index (χ3v) is 15.2. The Morgan fingerprint density at radius 3 is 1.73 bits per heavy atom. The van der Waals surface area contributed by atoms with E-state index in [0.717, 1.165) is 27.3 Å². The minimum atomic E-state index is -2.14. The molecule has 2 saturated heterocycles. The van der Waals surface area contributed by atoms with Gasteiger partial charge in [-0.05, 0) is 68.7 Å². The van der Waals surface area contributed by atoms with E-state index in [9.17, 15) is 34.1 Å². The molecule has 4 heterocycles. The molecule has 1 amide bonds. The van der Waals surface area contributed by atoms with Gasteiger partial charge in [-0.1, -0.05) is 54.6 Å². The van der Waals surface area contributed by atoms with Gasteiger partial charge in [0, 0.05) is 75.6 Å². The fourth-order valence-corrected chi connectivity index (χ4v) is 11.3. The van der Waals surface area contributed by atoms with Crippen molar-refractivity contribution >= 4 is 14.4 Å². The first-order valence-electron chi connectivity index (χ1n) is 24.1. The number of benzene rings is 3. The zero-order chi connectivity index (χ0) is 53.3. The quantitative estimate of drug-likeness (QED) is 0.0529. The Hall–Kier alpha value is -6.31. The largest absolute Gasteiger partial charge is 0.497 e. The fraction of sp³-hybridized carbons (Fsp3) is 0.462. The molecule has 21 nitrogen and oxygen atoms in total. The van der Waals surface area contributed by atoms with Crippen molar-refractivity contribution in [3.05, 3.63) is 162 Å². The molecule has 2 aromatic heterocycles. The molecule has 22 heteroatoms. The number of carbonyl (C=O) groups is 1. The molecule has 2 aliphatic rings. The summed E-state index contributed by atoms with van der Waals surface area (Å²) in [6, 6.07) is 29.0. The Kier molecular flexibility index (Phi) is 18.6. The molecule has 7 rings (SSSR count). The number of amides is 1. The van der Waals surface area contributed by atoms with Gasteiger partial charge < -0.3 is 47.9 Å². The van der Waals surface area contributed by atoms with Crippen LogP contribution in [0.3, 0.4) is 0 Å². The predicted molar refractivity (Wildman–Crippen MR) is 271 cm³/mol. The van der Waals surface area contributed by atoms with E-state index in [1.165, 1.54) is 37.2 Å². The van der Waals surface area contributed by atoms with E-state index in [1.54, 1.807) is 18.9 Å². The van der Waals surface area contributed by atoms with Gasteiger partial charge in [0.15, 0.2) is 12.5 Å². The summed E-state index contributed by atoms with van der Waals surface area (Å²) < 4.78 is 53.6. The Labute approximate surface area is 428 Å². The van der Waals surface area contributed by atoms with Crippen LogP contribution in [0.2, 0.25) is 0 Å². The second kappa shape index (κ2) is 24.8. The highest BCUT2D eigenvalue weighted by Gasteiger charge is 2.52. The van der Waals surface area contributed by atoms with Crippen LogP contribution in [0.1, 0.15) is 63.3 Å². The average molecular weight is 1040 g/mol. The SMILES string of the molecule is COc1ccc(C(OC[C@H]2O[C@@H](n3ccc(=O)[nH]c3=O)[C@H](OC)[C@@H]2CC(=O)NC[C@@H]2O[C@@H](n3ccc(=O)[nH]c3=O)[C@H](OC)[C@@H]2C(C#N)COP(O)N(C(C)C)C(C)C)(c2ccccc2)c2ccc(OC)cc2)cc1. The number of carbonyl (C=O) groups excluding carboxylic acids is 1. The molecule has 0 saturated carbocycles. The van der Waals surface area contributed by atoms with E-state index < -0.39 is 97.2 Å². The number of ether oxygens (including phenoxy) is 7. The summed E-state index contributed by atoms with van der Waals surface area (Å²) in [5.41, 5.74) is -1.88. The summed E-state index contributed by atoms with van der Waals surface area (Å²) in [6.07, 6.45) is -3.85. The van der Waals surface area contributed by atoms with Crippen molar-refractivity contribution in [2.75, 3.05) is 48.2 Å². The van der Waals surface area contributed by atoms with Crippen molar-refractivity contribution in [2.45, 2.75) is 88.7 Å².